The number of nitrogens with zero attached hydrogens (tertiary/aromatic N) is 3. The van der Waals surface area contributed by atoms with Gasteiger partial charge in [0.2, 0.25) is 5.91 Å². The number of piperidine rings is 1. The van der Waals surface area contributed by atoms with Crippen LogP contribution in [0.4, 0.5) is 5.69 Å². The van der Waals surface area contributed by atoms with E-state index in [9.17, 15) is 4.79 Å². The van der Waals surface area contributed by atoms with E-state index in [-0.39, 0.29) is 49.4 Å². The van der Waals surface area contributed by atoms with Crippen LogP contribution in [0.25, 0.3) is 11.3 Å². The number of nitrogens with two attached hydrogens (primary N) is 1. The van der Waals surface area contributed by atoms with E-state index in [1.807, 2.05) is 52.1 Å². The van der Waals surface area contributed by atoms with Crippen molar-refractivity contribution in [1.29, 1.82) is 0 Å². The minimum Gasteiger partial charge on any atom is -0.395 e. The minimum absolute atomic E-state index is 0. The first-order chi connectivity index (χ1) is 17.8. The maximum absolute atomic E-state index is 12.6. The fraction of sp³-hybridized carbons (Fsp3) is 0.385. The molecule has 2 aromatic carbocycles. The van der Waals surface area contributed by atoms with Gasteiger partial charge >= 0.3 is 0 Å². The van der Waals surface area contributed by atoms with Crippen LogP contribution in [0, 0.1) is 0 Å². The van der Waals surface area contributed by atoms with Gasteiger partial charge in [-0.25, -0.2) is 4.98 Å². The molecule has 1 atom stereocenters. The van der Waals surface area contributed by atoms with Gasteiger partial charge in [-0.15, -0.1) is 36.2 Å². The third-order valence-corrected chi connectivity index (χ3v) is 9.09. The first-order valence-corrected chi connectivity index (χ1v) is 14.5. The fourth-order valence-electron chi connectivity index (χ4n) is 4.22. The number of halogens is 4. The van der Waals surface area contributed by atoms with Crippen molar-refractivity contribution in [1.82, 2.24) is 14.2 Å². The molecule has 0 radical (unpaired) electrons. The average molecular weight is 654 g/mol. The van der Waals surface area contributed by atoms with Gasteiger partial charge in [0.05, 0.1) is 22.3 Å². The molecule has 4 rings (SSSR count). The van der Waals surface area contributed by atoms with Crippen molar-refractivity contribution in [3.63, 3.8) is 0 Å². The Morgan fingerprint density at radius 1 is 1.23 bits per heavy atom. The Kier molecular flexibility index (Phi) is 14.1. The summed E-state index contributed by atoms with van der Waals surface area (Å²) in [5.74, 6) is 0.0381. The summed E-state index contributed by atoms with van der Waals surface area (Å²) in [7, 11) is 0. The normalized spacial score (nSPS) is 14.7. The van der Waals surface area contributed by atoms with Gasteiger partial charge in [0.15, 0.2) is 4.34 Å². The third-order valence-electron chi connectivity index (χ3n) is 6.21. The van der Waals surface area contributed by atoms with Gasteiger partial charge in [0, 0.05) is 73.8 Å². The molecule has 0 bridgehead atoms. The standard InChI is InChI=1S/C26H31Cl2N5O2S2.2ClH/c1-17(35)33(22-7-9-32(10-8-22)14-18-5-6-23(27)24(28)11-18)37-26-31-25(16-36-26)19-3-2-4-21(12-19)30-13-20(29)15-34;;/h2-6,11-12,16,20,22,30,34H,7-10,13-15,29H2,1H3;2*1H/t20-;;/m0../s1. The van der Waals surface area contributed by atoms with Gasteiger partial charge in [0.1, 0.15) is 0 Å². The maximum atomic E-state index is 12.6. The Balaban J connectivity index is 0.00000267. The van der Waals surface area contributed by atoms with Crippen molar-refractivity contribution in [3.05, 3.63) is 63.5 Å². The van der Waals surface area contributed by atoms with Crippen molar-refractivity contribution in [2.24, 2.45) is 5.73 Å². The second kappa shape index (κ2) is 16.2. The second-order valence-electron chi connectivity index (χ2n) is 9.09. The summed E-state index contributed by atoms with van der Waals surface area (Å²) in [6, 6.07) is 13.5. The molecule has 0 aliphatic carbocycles. The lowest BCUT2D eigenvalue weighted by atomic mass is 10.0. The number of aliphatic hydroxyl groups excluding tert-OH is 1. The predicted octanol–water partition coefficient (Wildman–Crippen LogP) is 6.21. The van der Waals surface area contributed by atoms with Crippen LogP contribution in [0.5, 0.6) is 0 Å². The Hall–Kier alpha value is -1.27. The molecule has 1 fully saturated rings. The molecule has 7 nitrogen and oxygen atoms in total. The number of aliphatic hydroxyl groups is 1. The van der Waals surface area contributed by atoms with Crippen molar-refractivity contribution < 1.29 is 9.90 Å². The fourth-order valence-corrected chi connectivity index (χ4v) is 6.45. The van der Waals surface area contributed by atoms with Gasteiger partial charge in [-0.1, -0.05) is 41.4 Å². The van der Waals surface area contributed by atoms with Gasteiger partial charge in [0.25, 0.3) is 0 Å². The number of amides is 1. The van der Waals surface area contributed by atoms with Crippen molar-refractivity contribution in [3.8, 4) is 11.3 Å². The number of benzene rings is 2. The average Bonchev–Trinajstić information content (AvgIpc) is 3.37. The lowest BCUT2D eigenvalue weighted by molar-refractivity contribution is -0.125. The Bertz CT molecular complexity index is 1210. The highest BCUT2D eigenvalue weighted by Crippen LogP contribution is 2.34. The van der Waals surface area contributed by atoms with Crippen LogP contribution in [-0.2, 0) is 11.3 Å². The highest BCUT2D eigenvalue weighted by atomic mass is 35.5. The van der Waals surface area contributed by atoms with Gasteiger partial charge in [-0.2, -0.15) is 0 Å². The molecule has 3 aromatic rings. The van der Waals surface area contributed by atoms with E-state index in [1.165, 1.54) is 23.3 Å². The van der Waals surface area contributed by atoms with Crippen LogP contribution in [0.1, 0.15) is 25.3 Å². The van der Waals surface area contributed by atoms with Gasteiger partial charge in [-0.05, 0) is 42.7 Å². The number of rotatable bonds is 10. The van der Waals surface area contributed by atoms with E-state index in [0.29, 0.717) is 16.6 Å². The molecule has 2 heterocycles. The first kappa shape index (κ1) is 33.9. The summed E-state index contributed by atoms with van der Waals surface area (Å²) < 4.78 is 2.72. The molecular weight excluding hydrogens is 620 g/mol. The van der Waals surface area contributed by atoms with E-state index < -0.39 is 0 Å². The van der Waals surface area contributed by atoms with E-state index in [1.54, 1.807) is 6.92 Å². The third kappa shape index (κ3) is 9.66. The van der Waals surface area contributed by atoms with Crippen LogP contribution in [0.15, 0.2) is 52.2 Å². The molecule has 1 saturated heterocycles. The summed E-state index contributed by atoms with van der Waals surface area (Å²) in [6.45, 7) is 4.65. The zero-order valence-electron chi connectivity index (χ0n) is 21.4. The summed E-state index contributed by atoms with van der Waals surface area (Å²) in [5.41, 5.74) is 9.69. The predicted molar refractivity (Wildman–Crippen MR) is 169 cm³/mol. The minimum atomic E-state index is -0.314. The molecule has 0 saturated carbocycles. The topological polar surface area (TPSA) is 94.7 Å². The second-order valence-corrected chi connectivity index (χ2v) is 12.0. The molecule has 4 N–H and O–H groups in total. The number of aromatic nitrogens is 1. The molecule has 0 unspecified atom stereocenters. The highest BCUT2D eigenvalue weighted by Gasteiger charge is 2.28. The lowest BCUT2D eigenvalue weighted by Gasteiger charge is -2.37. The summed E-state index contributed by atoms with van der Waals surface area (Å²) in [6.07, 6.45) is 1.80. The molecule has 39 heavy (non-hydrogen) atoms. The molecule has 1 amide bonds. The smallest absolute Gasteiger partial charge is 0.229 e. The number of carbonyl (C=O) groups is 1. The van der Waals surface area contributed by atoms with Crippen molar-refractivity contribution in [2.45, 2.75) is 42.7 Å². The molecule has 13 heteroatoms. The highest BCUT2D eigenvalue weighted by molar-refractivity contribution is 7.99. The first-order valence-electron chi connectivity index (χ1n) is 12.1. The number of hydrogen-bond donors (Lipinski definition) is 3. The summed E-state index contributed by atoms with van der Waals surface area (Å²) >= 11 is 15.2. The molecular formula is C26H33Cl4N5O2S2. The van der Waals surface area contributed by atoms with E-state index in [0.717, 1.165) is 59.3 Å². The number of anilines is 1. The lowest BCUT2D eigenvalue weighted by Crippen LogP contribution is -2.43. The largest absolute Gasteiger partial charge is 0.395 e. The van der Waals surface area contributed by atoms with Gasteiger partial charge in [-0.3, -0.25) is 14.0 Å². The number of likely N-dealkylation sites (tertiary alicyclic amines) is 1. The molecule has 1 aliphatic rings. The number of nitrogens with one attached hydrogen (secondary N) is 1. The molecule has 1 aromatic heterocycles. The quantitative estimate of drug-likeness (QED) is 0.224. The van der Waals surface area contributed by atoms with Crippen LogP contribution in [-0.4, -0.2) is 63.5 Å². The van der Waals surface area contributed by atoms with Gasteiger partial charge < -0.3 is 16.2 Å². The Labute approximate surface area is 260 Å². The Morgan fingerprint density at radius 2 is 1.97 bits per heavy atom. The summed E-state index contributed by atoms with van der Waals surface area (Å²) in [4.78, 5) is 19.7. The maximum Gasteiger partial charge on any atom is 0.229 e. The van der Waals surface area contributed by atoms with E-state index >= 15 is 0 Å². The van der Waals surface area contributed by atoms with Crippen molar-refractivity contribution >= 4 is 82.9 Å². The van der Waals surface area contributed by atoms with Crippen LogP contribution in [0.2, 0.25) is 10.0 Å². The molecule has 1 aliphatic heterocycles. The van der Waals surface area contributed by atoms with Crippen LogP contribution >= 0.6 is 71.3 Å². The zero-order chi connectivity index (χ0) is 26.4. The molecule has 214 valence electrons. The number of carbonyl (C=O) groups excluding carboxylic acids is 1. The Morgan fingerprint density at radius 3 is 2.64 bits per heavy atom. The monoisotopic (exact) mass is 651 g/mol. The zero-order valence-corrected chi connectivity index (χ0v) is 26.2. The number of thiazole rings is 1. The van der Waals surface area contributed by atoms with E-state index in [2.05, 4.69) is 10.2 Å². The van der Waals surface area contributed by atoms with Crippen LogP contribution in [0.3, 0.4) is 0 Å². The van der Waals surface area contributed by atoms with Crippen LogP contribution < -0.4 is 11.1 Å². The van der Waals surface area contributed by atoms with Crippen molar-refractivity contribution in [2.75, 3.05) is 31.6 Å². The SMILES string of the molecule is CC(=O)N(Sc1nc(-c2cccc(NC[C@H](N)CO)c2)cs1)C1CCN(Cc2ccc(Cl)c(Cl)c2)CC1.Cl.Cl. The molecule has 0 spiro atoms. The summed E-state index contributed by atoms with van der Waals surface area (Å²) in [5, 5.41) is 15.5. The number of hydrogen-bond acceptors (Lipinski definition) is 8. The van der Waals surface area contributed by atoms with E-state index in [4.69, 9.17) is 39.0 Å².